The standard InChI is InChI=1S/C14H19N3O4.ClH/c1-9-5-6-15-8-12(9)16-14(18)11-7-10(17(19)20)3-4-13(11)21-2;/h3-4,7,9,12,15H,5-6,8H2,1-2H3,(H,16,18);1H. The summed E-state index contributed by atoms with van der Waals surface area (Å²) in [5.74, 6) is 0.338. The van der Waals surface area contributed by atoms with E-state index in [1.165, 1.54) is 25.3 Å². The van der Waals surface area contributed by atoms with Crippen molar-refractivity contribution in [2.45, 2.75) is 19.4 Å². The molecule has 1 saturated heterocycles. The summed E-state index contributed by atoms with van der Waals surface area (Å²) in [5.41, 5.74) is 0.0558. The van der Waals surface area contributed by atoms with Crippen LogP contribution in [0.3, 0.4) is 0 Å². The minimum absolute atomic E-state index is 0. The van der Waals surface area contributed by atoms with Crippen LogP contribution in [0.2, 0.25) is 0 Å². The third kappa shape index (κ3) is 4.08. The predicted octanol–water partition coefficient (Wildman–Crippen LogP) is 1.75. The molecule has 1 heterocycles. The summed E-state index contributed by atoms with van der Waals surface area (Å²) in [4.78, 5) is 22.7. The maximum absolute atomic E-state index is 12.4. The van der Waals surface area contributed by atoms with Crippen LogP contribution in [-0.4, -0.2) is 37.1 Å². The van der Waals surface area contributed by atoms with E-state index in [9.17, 15) is 14.9 Å². The molecular weight excluding hydrogens is 310 g/mol. The number of halogens is 1. The van der Waals surface area contributed by atoms with Gasteiger partial charge in [-0.05, 0) is 24.9 Å². The van der Waals surface area contributed by atoms with Crippen molar-refractivity contribution in [3.63, 3.8) is 0 Å². The molecule has 0 aliphatic carbocycles. The molecule has 1 aliphatic rings. The minimum atomic E-state index is -0.527. The second kappa shape index (κ2) is 7.95. The third-order valence-electron chi connectivity index (χ3n) is 3.78. The number of hydrogen-bond acceptors (Lipinski definition) is 5. The summed E-state index contributed by atoms with van der Waals surface area (Å²) in [5, 5.41) is 17.0. The molecule has 2 N–H and O–H groups in total. The van der Waals surface area contributed by atoms with Gasteiger partial charge in [-0.15, -0.1) is 12.4 Å². The maximum atomic E-state index is 12.4. The van der Waals surface area contributed by atoms with Crippen molar-refractivity contribution < 1.29 is 14.5 Å². The lowest BCUT2D eigenvalue weighted by molar-refractivity contribution is -0.384. The first-order valence-electron chi connectivity index (χ1n) is 6.87. The van der Waals surface area contributed by atoms with Crippen molar-refractivity contribution >= 4 is 24.0 Å². The van der Waals surface area contributed by atoms with E-state index in [4.69, 9.17) is 4.74 Å². The Morgan fingerprint density at radius 2 is 2.23 bits per heavy atom. The molecule has 2 atom stereocenters. The van der Waals surface area contributed by atoms with Gasteiger partial charge in [-0.3, -0.25) is 14.9 Å². The van der Waals surface area contributed by atoms with Gasteiger partial charge in [0.15, 0.2) is 0 Å². The Morgan fingerprint density at radius 1 is 1.50 bits per heavy atom. The van der Waals surface area contributed by atoms with Gasteiger partial charge in [0.05, 0.1) is 17.6 Å². The summed E-state index contributed by atoms with van der Waals surface area (Å²) >= 11 is 0. The SMILES string of the molecule is COc1ccc([N+](=O)[O-])cc1C(=O)NC1CNCCC1C.Cl. The molecule has 0 spiro atoms. The molecule has 22 heavy (non-hydrogen) atoms. The molecule has 0 saturated carbocycles. The minimum Gasteiger partial charge on any atom is -0.496 e. The van der Waals surface area contributed by atoms with Gasteiger partial charge in [0.2, 0.25) is 0 Å². The van der Waals surface area contributed by atoms with Gasteiger partial charge >= 0.3 is 0 Å². The average Bonchev–Trinajstić information content (AvgIpc) is 2.48. The Balaban J connectivity index is 0.00000242. The van der Waals surface area contributed by atoms with Gasteiger partial charge in [-0.2, -0.15) is 0 Å². The molecule has 1 amide bonds. The zero-order valence-electron chi connectivity index (χ0n) is 12.5. The monoisotopic (exact) mass is 329 g/mol. The fourth-order valence-corrected chi connectivity index (χ4v) is 2.42. The van der Waals surface area contributed by atoms with Crippen LogP contribution < -0.4 is 15.4 Å². The number of nitrogens with one attached hydrogen (secondary N) is 2. The fraction of sp³-hybridized carbons (Fsp3) is 0.500. The second-order valence-corrected chi connectivity index (χ2v) is 5.19. The van der Waals surface area contributed by atoms with Gasteiger partial charge in [-0.1, -0.05) is 6.92 Å². The number of carbonyl (C=O) groups excluding carboxylic acids is 1. The van der Waals surface area contributed by atoms with Crippen LogP contribution in [0.1, 0.15) is 23.7 Å². The van der Waals surface area contributed by atoms with Crippen LogP contribution in [0.5, 0.6) is 5.75 Å². The highest BCUT2D eigenvalue weighted by Crippen LogP contribution is 2.24. The van der Waals surface area contributed by atoms with Crippen molar-refractivity contribution in [3.8, 4) is 5.75 Å². The van der Waals surface area contributed by atoms with Crippen LogP contribution in [0.4, 0.5) is 5.69 Å². The van der Waals surface area contributed by atoms with Gasteiger partial charge in [-0.25, -0.2) is 0 Å². The first-order valence-corrected chi connectivity index (χ1v) is 6.87. The Labute approximate surface area is 135 Å². The lowest BCUT2D eigenvalue weighted by atomic mass is 9.94. The Morgan fingerprint density at radius 3 is 2.82 bits per heavy atom. The summed E-state index contributed by atoms with van der Waals surface area (Å²) in [7, 11) is 1.43. The van der Waals surface area contributed by atoms with E-state index in [1.54, 1.807) is 0 Å². The molecule has 1 aliphatic heterocycles. The van der Waals surface area contributed by atoms with E-state index in [2.05, 4.69) is 17.6 Å². The van der Waals surface area contributed by atoms with Gasteiger partial charge in [0.1, 0.15) is 5.75 Å². The van der Waals surface area contributed by atoms with E-state index < -0.39 is 4.92 Å². The molecular formula is C14H20ClN3O4. The first-order chi connectivity index (χ1) is 10.0. The van der Waals surface area contributed by atoms with Crippen molar-refractivity contribution in [1.29, 1.82) is 0 Å². The molecule has 2 unspecified atom stereocenters. The van der Waals surface area contributed by atoms with Crippen LogP contribution in [0.25, 0.3) is 0 Å². The second-order valence-electron chi connectivity index (χ2n) is 5.19. The number of non-ortho nitro benzene ring substituents is 1. The number of nitro groups is 1. The Kier molecular flexibility index (Phi) is 6.58. The molecule has 0 bridgehead atoms. The Hall–Kier alpha value is -1.86. The zero-order valence-corrected chi connectivity index (χ0v) is 13.3. The molecule has 1 aromatic carbocycles. The molecule has 0 aromatic heterocycles. The molecule has 122 valence electrons. The normalized spacial score (nSPS) is 20.6. The van der Waals surface area contributed by atoms with E-state index in [0.29, 0.717) is 18.2 Å². The number of rotatable bonds is 4. The quantitative estimate of drug-likeness (QED) is 0.648. The van der Waals surface area contributed by atoms with E-state index in [1.807, 2.05) is 0 Å². The van der Waals surface area contributed by atoms with Crippen molar-refractivity contribution in [3.05, 3.63) is 33.9 Å². The highest BCUT2D eigenvalue weighted by molar-refractivity contribution is 5.97. The van der Waals surface area contributed by atoms with Crippen LogP contribution in [0.15, 0.2) is 18.2 Å². The fourth-order valence-electron chi connectivity index (χ4n) is 2.42. The van der Waals surface area contributed by atoms with Crippen molar-refractivity contribution in [2.75, 3.05) is 20.2 Å². The van der Waals surface area contributed by atoms with Crippen LogP contribution in [-0.2, 0) is 0 Å². The summed E-state index contributed by atoms with van der Waals surface area (Å²) in [6.07, 6.45) is 0.983. The van der Waals surface area contributed by atoms with E-state index >= 15 is 0 Å². The number of hydrogen-bond donors (Lipinski definition) is 2. The topological polar surface area (TPSA) is 93.5 Å². The zero-order chi connectivity index (χ0) is 15.4. The van der Waals surface area contributed by atoms with Crippen molar-refractivity contribution in [2.24, 2.45) is 5.92 Å². The van der Waals surface area contributed by atoms with Gasteiger partial charge < -0.3 is 15.4 Å². The maximum Gasteiger partial charge on any atom is 0.270 e. The van der Waals surface area contributed by atoms with E-state index in [-0.39, 0.29) is 35.6 Å². The molecule has 2 rings (SSSR count). The highest BCUT2D eigenvalue weighted by Gasteiger charge is 2.25. The molecule has 1 aromatic rings. The molecule has 0 radical (unpaired) electrons. The number of ether oxygens (including phenoxy) is 1. The third-order valence-corrected chi connectivity index (χ3v) is 3.78. The largest absolute Gasteiger partial charge is 0.496 e. The molecule has 7 nitrogen and oxygen atoms in total. The molecule has 8 heteroatoms. The number of amides is 1. The van der Waals surface area contributed by atoms with E-state index in [0.717, 1.165) is 13.0 Å². The molecule has 1 fully saturated rings. The number of benzene rings is 1. The highest BCUT2D eigenvalue weighted by atomic mass is 35.5. The van der Waals surface area contributed by atoms with Crippen molar-refractivity contribution in [1.82, 2.24) is 10.6 Å². The lowest BCUT2D eigenvalue weighted by Gasteiger charge is -2.30. The smallest absolute Gasteiger partial charge is 0.270 e. The number of carbonyl (C=O) groups is 1. The summed E-state index contributed by atoms with van der Waals surface area (Å²) < 4.78 is 5.12. The summed E-state index contributed by atoms with van der Waals surface area (Å²) in [6.45, 7) is 3.72. The number of nitro benzene ring substituents is 1. The van der Waals surface area contributed by atoms with Gasteiger partial charge in [0.25, 0.3) is 11.6 Å². The summed E-state index contributed by atoms with van der Waals surface area (Å²) in [6, 6.07) is 4.01. The number of methoxy groups -OCH3 is 1. The lowest BCUT2D eigenvalue weighted by Crippen LogP contribution is -2.50. The predicted molar refractivity (Wildman–Crippen MR) is 84.8 cm³/mol. The van der Waals surface area contributed by atoms with Crippen LogP contribution >= 0.6 is 12.4 Å². The van der Waals surface area contributed by atoms with Gasteiger partial charge in [0, 0.05) is 24.7 Å². The van der Waals surface area contributed by atoms with Crippen LogP contribution in [0, 0.1) is 16.0 Å². The first kappa shape index (κ1) is 18.2. The average molecular weight is 330 g/mol. The Bertz CT molecular complexity index is 553. The number of nitrogens with zero attached hydrogens (tertiary/aromatic N) is 1. The number of piperidine rings is 1.